The minimum atomic E-state index is -0.808. The summed E-state index contributed by atoms with van der Waals surface area (Å²) in [5.74, 6) is 0.701. The van der Waals surface area contributed by atoms with E-state index in [2.05, 4.69) is 26.2 Å². The lowest BCUT2D eigenvalue weighted by molar-refractivity contribution is -0.130. The van der Waals surface area contributed by atoms with Crippen molar-refractivity contribution >= 4 is 17.8 Å². The molecule has 0 spiro atoms. The van der Waals surface area contributed by atoms with Crippen molar-refractivity contribution in [1.29, 1.82) is 5.26 Å². The minimum Gasteiger partial charge on any atom is -0.354 e. The third-order valence-electron chi connectivity index (χ3n) is 4.66. The number of amides is 3. The van der Waals surface area contributed by atoms with Crippen molar-refractivity contribution in [2.24, 2.45) is 0 Å². The van der Waals surface area contributed by atoms with Crippen LogP contribution in [-0.2, 0) is 4.79 Å². The van der Waals surface area contributed by atoms with Gasteiger partial charge in [-0.1, -0.05) is 0 Å². The van der Waals surface area contributed by atoms with Gasteiger partial charge >= 0.3 is 6.03 Å². The first-order chi connectivity index (χ1) is 11.9. The molecule has 1 N–H and O–H groups in total. The average molecular weight is 342 g/mol. The first kappa shape index (κ1) is 17.2. The summed E-state index contributed by atoms with van der Waals surface area (Å²) < 4.78 is 0. The first-order valence-electron chi connectivity index (χ1n) is 8.38. The maximum atomic E-state index is 12.2. The Morgan fingerprint density at radius 2 is 1.92 bits per heavy atom. The third-order valence-corrected chi connectivity index (χ3v) is 4.66. The van der Waals surface area contributed by atoms with E-state index in [1.807, 2.05) is 6.07 Å². The molecule has 0 radical (unpaired) electrons. The summed E-state index contributed by atoms with van der Waals surface area (Å²) in [5, 5.41) is 11.5. The molecular weight excluding hydrogens is 320 g/mol. The van der Waals surface area contributed by atoms with Gasteiger partial charge < -0.3 is 10.2 Å². The van der Waals surface area contributed by atoms with Crippen LogP contribution in [0.15, 0.2) is 18.3 Å². The number of nitriles is 1. The van der Waals surface area contributed by atoms with Crippen LogP contribution in [-0.4, -0.2) is 71.5 Å². The molecular formula is C17H22N6O2. The van der Waals surface area contributed by atoms with E-state index in [0.29, 0.717) is 18.7 Å². The van der Waals surface area contributed by atoms with E-state index in [1.54, 1.807) is 26.1 Å². The molecule has 2 aliphatic rings. The molecule has 3 heterocycles. The predicted octanol–water partition coefficient (Wildman–Crippen LogP) is 0.406. The molecule has 0 aromatic carbocycles. The van der Waals surface area contributed by atoms with Crippen LogP contribution in [0, 0.1) is 11.3 Å². The molecule has 3 rings (SSSR count). The fraction of sp³-hybridized carbons (Fsp3) is 0.529. The highest BCUT2D eigenvalue weighted by Crippen LogP contribution is 2.17. The number of hydrogen-bond acceptors (Lipinski definition) is 6. The monoisotopic (exact) mass is 342 g/mol. The van der Waals surface area contributed by atoms with Gasteiger partial charge in [-0.3, -0.25) is 14.6 Å². The lowest BCUT2D eigenvalue weighted by atomic mass is 10.1. The van der Waals surface area contributed by atoms with Crippen molar-refractivity contribution in [2.75, 3.05) is 44.2 Å². The van der Waals surface area contributed by atoms with Crippen LogP contribution in [0.3, 0.4) is 0 Å². The van der Waals surface area contributed by atoms with Gasteiger partial charge in [0.1, 0.15) is 17.4 Å². The highest BCUT2D eigenvalue weighted by molar-refractivity contribution is 6.06. The van der Waals surface area contributed by atoms with E-state index in [-0.39, 0.29) is 11.9 Å². The van der Waals surface area contributed by atoms with E-state index in [1.165, 1.54) is 4.90 Å². The Balaban J connectivity index is 1.49. The molecule has 2 fully saturated rings. The zero-order chi connectivity index (χ0) is 18.0. The quantitative estimate of drug-likeness (QED) is 0.797. The first-order valence-corrected chi connectivity index (χ1v) is 8.38. The van der Waals surface area contributed by atoms with Crippen LogP contribution < -0.4 is 10.2 Å². The maximum Gasteiger partial charge on any atom is 0.325 e. The molecule has 2 saturated heterocycles. The van der Waals surface area contributed by atoms with Gasteiger partial charge in [0.15, 0.2) is 0 Å². The van der Waals surface area contributed by atoms with Gasteiger partial charge in [-0.15, -0.1) is 0 Å². The molecule has 8 nitrogen and oxygen atoms in total. The number of hydrogen-bond donors (Lipinski definition) is 1. The minimum absolute atomic E-state index is 0.169. The lowest BCUT2D eigenvalue weighted by Gasteiger charge is -2.35. The predicted molar refractivity (Wildman–Crippen MR) is 91.9 cm³/mol. The third kappa shape index (κ3) is 3.56. The summed E-state index contributed by atoms with van der Waals surface area (Å²) in [6.07, 6.45) is 1.58. The van der Waals surface area contributed by atoms with Gasteiger partial charge in [0.25, 0.3) is 5.91 Å². The van der Waals surface area contributed by atoms with E-state index < -0.39 is 5.54 Å². The molecule has 0 saturated carbocycles. The summed E-state index contributed by atoms with van der Waals surface area (Å²) in [4.78, 5) is 34.1. The zero-order valence-electron chi connectivity index (χ0n) is 14.5. The smallest absolute Gasteiger partial charge is 0.325 e. The van der Waals surface area contributed by atoms with Crippen LogP contribution in [0.2, 0.25) is 0 Å². The normalized spacial score (nSPS) is 20.5. The van der Waals surface area contributed by atoms with Gasteiger partial charge in [0.05, 0.1) is 5.56 Å². The number of urea groups is 1. The zero-order valence-corrected chi connectivity index (χ0v) is 14.5. The Hall–Kier alpha value is -2.66. The van der Waals surface area contributed by atoms with Crippen molar-refractivity contribution in [2.45, 2.75) is 19.4 Å². The Morgan fingerprint density at radius 3 is 2.44 bits per heavy atom. The number of anilines is 1. The number of pyridine rings is 1. The van der Waals surface area contributed by atoms with Gasteiger partial charge in [-0.2, -0.15) is 5.26 Å². The number of nitrogens with one attached hydrogen (secondary N) is 1. The summed E-state index contributed by atoms with van der Waals surface area (Å²) in [5.41, 5.74) is -0.254. The summed E-state index contributed by atoms with van der Waals surface area (Å²) in [6.45, 7) is 7.85. The molecule has 0 aliphatic carbocycles. The summed E-state index contributed by atoms with van der Waals surface area (Å²) in [7, 11) is 0. The SMILES string of the molecule is CC1(C)NC(=O)N(CCN2CCN(c3ccc(C#N)cn3)CC2)C1=O. The van der Waals surface area contributed by atoms with Crippen molar-refractivity contribution in [3.63, 3.8) is 0 Å². The van der Waals surface area contributed by atoms with Crippen molar-refractivity contribution < 1.29 is 9.59 Å². The Labute approximate surface area is 147 Å². The summed E-state index contributed by atoms with van der Waals surface area (Å²) in [6, 6.07) is 5.39. The number of nitrogens with zero attached hydrogens (tertiary/aromatic N) is 5. The molecule has 132 valence electrons. The van der Waals surface area contributed by atoms with Crippen molar-refractivity contribution in [1.82, 2.24) is 20.1 Å². The Morgan fingerprint density at radius 1 is 1.20 bits per heavy atom. The fourth-order valence-electron chi connectivity index (χ4n) is 3.10. The van der Waals surface area contributed by atoms with Gasteiger partial charge in [0.2, 0.25) is 0 Å². The average Bonchev–Trinajstić information content (AvgIpc) is 2.81. The van der Waals surface area contributed by atoms with E-state index in [9.17, 15) is 9.59 Å². The van der Waals surface area contributed by atoms with Crippen molar-refractivity contribution in [3.8, 4) is 6.07 Å². The maximum absolute atomic E-state index is 12.2. The molecule has 3 amide bonds. The highest BCUT2D eigenvalue weighted by Gasteiger charge is 2.44. The largest absolute Gasteiger partial charge is 0.354 e. The molecule has 2 aliphatic heterocycles. The summed E-state index contributed by atoms with van der Waals surface area (Å²) >= 11 is 0. The van der Waals surface area contributed by atoms with Gasteiger partial charge in [-0.25, -0.2) is 9.78 Å². The van der Waals surface area contributed by atoms with Gasteiger partial charge in [0, 0.05) is 45.5 Å². The number of piperazine rings is 1. The van der Waals surface area contributed by atoms with Crippen LogP contribution in [0.4, 0.5) is 10.6 Å². The van der Waals surface area contributed by atoms with E-state index in [0.717, 1.165) is 32.0 Å². The van der Waals surface area contributed by atoms with Crippen LogP contribution in [0.1, 0.15) is 19.4 Å². The second-order valence-corrected chi connectivity index (χ2v) is 6.86. The number of rotatable bonds is 4. The number of carbonyl (C=O) groups is 2. The highest BCUT2D eigenvalue weighted by atomic mass is 16.2. The molecule has 0 unspecified atom stereocenters. The number of aromatic nitrogens is 1. The van der Waals surface area contributed by atoms with Crippen molar-refractivity contribution in [3.05, 3.63) is 23.9 Å². The second kappa shape index (κ2) is 6.69. The molecule has 1 aromatic rings. The standard InChI is InChI=1S/C17H22N6O2/c1-17(2)15(24)23(16(25)20-17)10-7-21-5-8-22(9-6-21)14-4-3-13(11-18)12-19-14/h3-4,12H,5-10H2,1-2H3,(H,20,25). The van der Waals surface area contributed by atoms with Gasteiger partial charge in [-0.05, 0) is 26.0 Å². The number of carbonyl (C=O) groups excluding carboxylic acids is 2. The molecule has 8 heteroatoms. The Bertz CT molecular complexity index is 701. The van der Waals surface area contributed by atoms with Crippen LogP contribution >= 0.6 is 0 Å². The number of imide groups is 1. The fourth-order valence-corrected chi connectivity index (χ4v) is 3.10. The second-order valence-electron chi connectivity index (χ2n) is 6.86. The molecule has 25 heavy (non-hydrogen) atoms. The molecule has 0 atom stereocenters. The van der Waals surface area contributed by atoms with E-state index in [4.69, 9.17) is 5.26 Å². The molecule has 1 aromatic heterocycles. The van der Waals surface area contributed by atoms with E-state index >= 15 is 0 Å². The Kier molecular flexibility index (Phi) is 4.59. The molecule has 0 bridgehead atoms. The van der Waals surface area contributed by atoms with Crippen LogP contribution in [0.5, 0.6) is 0 Å². The topological polar surface area (TPSA) is 92.6 Å². The lowest BCUT2D eigenvalue weighted by Crippen LogP contribution is -2.49. The van der Waals surface area contributed by atoms with Crippen LogP contribution in [0.25, 0.3) is 0 Å².